The fraction of sp³-hybridized carbons (Fsp3) is 0.528. The highest BCUT2D eigenvalue weighted by Gasteiger charge is 2.54. The number of aliphatic carboxylic acids is 1. The number of fused-ring (bicyclic) bond motifs is 2. The van der Waals surface area contributed by atoms with Crippen LogP contribution in [0.4, 0.5) is 0 Å². The number of hydrogen-bond acceptors (Lipinski definition) is 6. The number of rotatable bonds is 15. The van der Waals surface area contributed by atoms with Gasteiger partial charge in [-0.1, -0.05) is 81.2 Å². The van der Waals surface area contributed by atoms with E-state index in [2.05, 4.69) is 13.0 Å². The van der Waals surface area contributed by atoms with Crippen LogP contribution >= 0.6 is 0 Å². The minimum atomic E-state index is -0.865. The molecule has 1 heterocycles. The maximum atomic E-state index is 13.6. The zero-order chi connectivity index (χ0) is 32.0. The Bertz CT molecular complexity index is 1420. The summed E-state index contributed by atoms with van der Waals surface area (Å²) in [5.74, 6) is -2.99. The summed E-state index contributed by atoms with van der Waals surface area (Å²) in [5.41, 5.74) is 3.83. The second kappa shape index (κ2) is 15.0. The molecule has 1 aliphatic carbocycles. The number of phenolic OH excluding ortho intramolecular Hbond substituents is 1. The highest BCUT2D eigenvalue weighted by molar-refractivity contribution is 6.06. The van der Waals surface area contributed by atoms with Gasteiger partial charge in [-0.3, -0.25) is 19.3 Å². The number of nitrogens with zero attached hydrogens (tertiary/aromatic N) is 1. The Morgan fingerprint density at radius 1 is 1.00 bits per heavy atom. The van der Waals surface area contributed by atoms with Gasteiger partial charge in [-0.25, -0.2) is 0 Å². The summed E-state index contributed by atoms with van der Waals surface area (Å²) in [6.45, 7) is 6.08. The lowest BCUT2D eigenvalue weighted by Crippen LogP contribution is -2.40. The molecule has 1 fully saturated rings. The number of carbonyl (C=O) groups excluding carboxylic acids is 2. The van der Waals surface area contributed by atoms with E-state index in [4.69, 9.17) is 5.11 Å². The first-order valence-electron chi connectivity index (χ1n) is 16.1. The van der Waals surface area contributed by atoms with Gasteiger partial charge < -0.3 is 20.4 Å². The van der Waals surface area contributed by atoms with Gasteiger partial charge in [0.1, 0.15) is 5.75 Å². The molecule has 8 heteroatoms. The number of carboxylic acids is 1. The Kier molecular flexibility index (Phi) is 11.4. The van der Waals surface area contributed by atoms with Gasteiger partial charge in [-0.2, -0.15) is 0 Å². The molecular weight excluding hydrogens is 558 g/mol. The summed E-state index contributed by atoms with van der Waals surface area (Å²) in [6.07, 6.45) is 6.20. The molecule has 8 nitrogen and oxygen atoms in total. The first-order valence-corrected chi connectivity index (χ1v) is 16.1. The Balaban J connectivity index is 1.54. The smallest absolute Gasteiger partial charge is 0.303 e. The second-order valence-electron chi connectivity index (χ2n) is 12.6. The van der Waals surface area contributed by atoms with E-state index in [1.54, 1.807) is 6.07 Å². The lowest BCUT2D eigenvalue weighted by molar-refractivity contribution is -0.141. The van der Waals surface area contributed by atoms with E-state index in [0.717, 1.165) is 34.8 Å². The van der Waals surface area contributed by atoms with Crippen LogP contribution in [-0.2, 0) is 14.4 Å². The summed E-state index contributed by atoms with van der Waals surface area (Å²) in [4.78, 5) is 39.1. The Labute approximate surface area is 260 Å². The van der Waals surface area contributed by atoms with E-state index in [1.807, 2.05) is 44.2 Å². The third-order valence-corrected chi connectivity index (χ3v) is 9.34. The average molecular weight is 606 g/mol. The number of phenols is 1. The number of benzene rings is 2. The molecule has 4 atom stereocenters. The van der Waals surface area contributed by atoms with Gasteiger partial charge in [0.2, 0.25) is 11.8 Å². The number of imide groups is 1. The predicted molar refractivity (Wildman–Crippen MR) is 171 cm³/mol. The van der Waals surface area contributed by atoms with Crippen molar-refractivity contribution in [2.45, 2.75) is 84.7 Å². The average Bonchev–Trinajstić information content (AvgIpc) is 3.24. The number of hydrogen-bond donors (Lipinski definition) is 4. The number of aliphatic hydroxyl groups is 2. The second-order valence-corrected chi connectivity index (χ2v) is 12.6. The van der Waals surface area contributed by atoms with Crippen LogP contribution in [0.3, 0.4) is 0 Å². The van der Waals surface area contributed by atoms with Crippen molar-refractivity contribution in [2.75, 3.05) is 13.2 Å². The van der Waals surface area contributed by atoms with Gasteiger partial charge in [-0.05, 0) is 67.0 Å². The third kappa shape index (κ3) is 7.24. The number of amides is 2. The van der Waals surface area contributed by atoms with E-state index in [9.17, 15) is 29.7 Å². The first-order chi connectivity index (χ1) is 21.1. The molecule has 1 aliphatic heterocycles. The number of aromatic hydroxyl groups is 1. The molecular formula is C36H47NO7. The number of carboxylic acid groups (broad SMARTS) is 1. The zero-order valence-electron chi connectivity index (χ0n) is 26.2. The lowest BCUT2D eigenvalue weighted by Gasteiger charge is -2.38. The predicted octanol–water partition coefficient (Wildman–Crippen LogP) is 6.08. The van der Waals surface area contributed by atoms with E-state index < -0.39 is 29.8 Å². The molecule has 4 N–H and O–H groups in total. The normalized spacial score (nSPS) is 21.5. The molecule has 0 spiro atoms. The maximum absolute atomic E-state index is 13.6. The van der Waals surface area contributed by atoms with Gasteiger partial charge in [0.05, 0.1) is 24.5 Å². The first kappa shape index (κ1) is 33.4. The molecule has 2 aliphatic rings. The molecule has 0 bridgehead atoms. The summed E-state index contributed by atoms with van der Waals surface area (Å²) >= 11 is 0. The van der Waals surface area contributed by atoms with Gasteiger partial charge >= 0.3 is 5.97 Å². The van der Waals surface area contributed by atoms with Crippen molar-refractivity contribution in [3.63, 3.8) is 0 Å². The van der Waals surface area contributed by atoms with Crippen LogP contribution in [-0.4, -0.2) is 62.4 Å². The molecule has 2 amide bonds. The van der Waals surface area contributed by atoms with Crippen molar-refractivity contribution in [1.82, 2.24) is 4.90 Å². The molecule has 2 aromatic rings. The Hall–Kier alpha value is -3.49. The van der Waals surface area contributed by atoms with Crippen molar-refractivity contribution in [3.05, 3.63) is 58.7 Å². The van der Waals surface area contributed by atoms with Crippen molar-refractivity contribution in [3.8, 4) is 5.75 Å². The minimum Gasteiger partial charge on any atom is -0.507 e. The van der Waals surface area contributed by atoms with Crippen LogP contribution in [0, 0.1) is 23.7 Å². The number of allylic oxidation sites excluding steroid dienone is 2. The molecule has 238 valence electrons. The van der Waals surface area contributed by atoms with Crippen LogP contribution in [0.25, 0.3) is 16.8 Å². The maximum Gasteiger partial charge on any atom is 0.303 e. The molecule has 44 heavy (non-hydrogen) atoms. The summed E-state index contributed by atoms with van der Waals surface area (Å²) in [5, 5.41) is 43.2. The van der Waals surface area contributed by atoms with Gasteiger partial charge in [0.25, 0.3) is 0 Å². The molecule has 0 saturated carbocycles. The molecule has 0 aromatic heterocycles. The fourth-order valence-electron chi connectivity index (χ4n) is 7.17. The van der Waals surface area contributed by atoms with Crippen LogP contribution in [0.2, 0.25) is 0 Å². The number of likely N-dealkylation sites (tertiary alicyclic amines) is 1. The van der Waals surface area contributed by atoms with Gasteiger partial charge in [0.15, 0.2) is 0 Å². The number of carbonyl (C=O) groups is 3. The van der Waals surface area contributed by atoms with Gasteiger partial charge in [-0.15, -0.1) is 0 Å². The summed E-state index contributed by atoms with van der Waals surface area (Å²) in [7, 11) is 0. The van der Waals surface area contributed by atoms with Crippen LogP contribution < -0.4 is 0 Å². The summed E-state index contributed by atoms with van der Waals surface area (Å²) in [6, 6.07) is 11.3. The quantitative estimate of drug-likeness (QED) is 0.110. The molecule has 1 saturated heterocycles. The number of aliphatic hydroxyl groups excluding tert-OH is 2. The zero-order valence-corrected chi connectivity index (χ0v) is 26.2. The van der Waals surface area contributed by atoms with Crippen molar-refractivity contribution in [2.24, 2.45) is 23.7 Å². The third-order valence-electron chi connectivity index (χ3n) is 9.34. The SMILES string of the molecule is CCC/C(=C\c1ccc(O)c2ccccc12)CC[C@@H](O)C1=C(C(C)C)C[C@H]2C(=O)N(CCCCCC(=O)O)C(=O)[C@H]2[C@H]1CO. The van der Waals surface area contributed by atoms with Crippen LogP contribution in [0.5, 0.6) is 5.75 Å². The highest BCUT2D eigenvalue weighted by Crippen LogP contribution is 2.48. The Morgan fingerprint density at radius 2 is 1.73 bits per heavy atom. The van der Waals surface area contributed by atoms with Crippen molar-refractivity contribution in [1.29, 1.82) is 0 Å². The molecule has 4 rings (SSSR count). The summed E-state index contributed by atoms with van der Waals surface area (Å²) < 4.78 is 0. The fourth-order valence-corrected chi connectivity index (χ4v) is 7.17. The van der Waals surface area contributed by atoms with E-state index in [-0.39, 0.29) is 43.1 Å². The lowest BCUT2D eigenvalue weighted by atomic mass is 9.66. The van der Waals surface area contributed by atoms with E-state index >= 15 is 0 Å². The van der Waals surface area contributed by atoms with Crippen LogP contribution in [0.1, 0.15) is 84.1 Å². The molecule has 0 radical (unpaired) electrons. The standard InChI is InChI=1S/C36H47NO7/c1-4-10-23(19-24-15-17-30(39)26-12-8-7-11-25(24)26)14-16-31(40)33-27(22(2)3)20-28-34(29(33)21-38)36(44)37(35(28)43)18-9-5-6-13-32(41)42/h7-8,11-12,15,17,19,22,28-29,31,34,38-40H,4-6,9-10,13-14,16,18,20-21H2,1-3H3,(H,41,42)/b23-19+/t28-,29+,31-,34-/m1/s1. The van der Waals surface area contributed by atoms with Crippen LogP contribution in [0.15, 0.2) is 53.1 Å². The van der Waals surface area contributed by atoms with E-state index in [0.29, 0.717) is 44.1 Å². The topological polar surface area (TPSA) is 135 Å². The largest absolute Gasteiger partial charge is 0.507 e. The molecule has 2 aromatic carbocycles. The van der Waals surface area contributed by atoms with Crippen molar-refractivity contribution >= 4 is 34.6 Å². The highest BCUT2D eigenvalue weighted by atomic mass is 16.4. The van der Waals surface area contributed by atoms with Crippen molar-refractivity contribution < 1.29 is 34.8 Å². The van der Waals surface area contributed by atoms with Gasteiger partial charge in [0, 0.05) is 24.3 Å². The monoisotopic (exact) mass is 605 g/mol. The minimum absolute atomic E-state index is 0.0386. The van der Waals surface area contributed by atoms with E-state index in [1.165, 1.54) is 10.5 Å². The Morgan fingerprint density at radius 3 is 2.39 bits per heavy atom. The molecule has 0 unspecified atom stereocenters. The number of unbranched alkanes of at least 4 members (excludes halogenated alkanes) is 2.